The van der Waals surface area contributed by atoms with Crippen LogP contribution in [0.3, 0.4) is 0 Å². The van der Waals surface area contributed by atoms with Crippen molar-refractivity contribution < 1.29 is 9.53 Å². The Balaban J connectivity index is 2.22. The third-order valence-corrected chi connectivity index (χ3v) is 4.19. The molecule has 3 nitrogen and oxygen atoms in total. The molecule has 2 aromatic rings. The van der Waals surface area contributed by atoms with Crippen LogP contribution in [0.4, 0.5) is 0 Å². The number of hydrogen-bond donors (Lipinski definition) is 1. The van der Waals surface area contributed by atoms with E-state index in [0.717, 1.165) is 5.56 Å². The van der Waals surface area contributed by atoms with Crippen molar-refractivity contribution in [2.24, 2.45) is 0 Å². The van der Waals surface area contributed by atoms with Crippen LogP contribution in [0, 0.1) is 20.8 Å². The maximum absolute atomic E-state index is 12.7. The first-order chi connectivity index (χ1) is 11.3. The summed E-state index contributed by atoms with van der Waals surface area (Å²) in [7, 11) is 0. The first kappa shape index (κ1) is 18.1. The van der Waals surface area contributed by atoms with Crippen molar-refractivity contribution in [3.8, 4) is 5.75 Å². The summed E-state index contributed by atoms with van der Waals surface area (Å²) < 4.78 is 5.75. The van der Waals surface area contributed by atoms with Gasteiger partial charge in [0.05, 0.1) is 17.7 Å². The van der Waals surface area contributed by atoms with Crippen molar-refractivity contribution in [2.75, 3.05) is 0 Å². The second-order valence-corrected chi connectivity index (χ2v) is 6.65. The number of benzene rings is 2. The van der Waals surface area contributed by atoms with Crippen molar-refractivity contribution in [3.63, 3.8) is 0 Å². The van der Waals surface area contributed by atoms with E-state index in [1.807, 2.05) is 39.0 Å². The zero-order valence-corrected chi connectivity index (χ0v) is 15.4. The molecule has 1 amide bonds. The number of aryl methyl sites for hydroxylation is 3. The lowest BCUT2D eigenvalue weighted by Crippen LogP contribution is -2.28. The van der Waals surface area contributed by atoms with Gasteiger partial charge in [0.15, 0.2) is 0 Å². The fraction of sp³-hybridized carbons (Fsp3) is 0.381. The Kier molecular flexibility index (Phi) is 5.66. The zero-order chi connectivity index (χ0) is 17.9. The van der Waals surface area contributed by atoms with E-state index < -0.39 is 0 Å². The SMILES string of the molecule is Cc1cc(C)c([C@@H](C)NC(=O)c2ccccc2OC(C)C)cc1C. The number of ether oxygens (including phenoxy) is 1. The van der Waals surface area contributed by atoms with Crippen LogP contribution in [0.25, 0.3) is 0 Å². The summed E-state index contributed by atoms with van der Waals surface area (Å²) in [6.45, 7) is 12.2. The fourth-order valence-electron chi connectivity index (χ4n) is 2.81. The lowest BCUT2D eigenvalue weighted by atomic mass is 9.96. The van der Waals surface area contributed by atoms with E-state index in [1.165, 1.54) is 16.7 Å². The smallest absolute Gasteiger partial charge is 0.255 e. The predicted octanol–water partition coefficient (Wildman–Crippen LogP) is 4.89. The highest BCUT2D eigenvalue weighted by atomic mass is 16.5. The minimum atomic E-state index is -0.114. The second-order valence-electron chi connectivity index (χ2n) is 6.65. The first-order valence-corrected chi connectivity index (χ1v) is 8.44. The molecule has 24 heavy (non-hydrogen) atoms. The van der Waals surface area contributed by atoms with E-state index in [1.54, 1.807) is 6.07 Å². The second kappa shape index (κ2) is 7.52. The van der Waals surface area contributed by atoms with Gasteiger partial charge >= 0.3 is 0 Å². The molecule has 0 aliphatic heterocycles. The highest BCUT2D eigenvalue weighted by Gasteiger charge is 2.17. The quantitative estimate of drug-likeness (QED) is 0.850. The fourth-order valence-corrected chi connectivity index (χ4v) is 2.81. The van der Waals surface area contributed by atoms with Gasteiger partial charge in [-0.1, -0.05) is 24.3 Å². The molecule has 0 saturated heterocycles. The molecule has 0 fully saturated rings. The molecule has 2 aromatic carbocycles. The lowest BCUT2D eigenvalue weighted by Gasteiger charge is -2.20. The minimum Gasteiger partial charge on any atom is -0.490 e. The van der Waals surface area contributed by atoms with Gasteiger partial charge in [-0.15, -0.1) is 0 Å². The Morgan fingerprint density at radius 3 is 2.25 bits per heavy atom. The van der Waals surface area contributed by atoms with E-state index in [9.17, 15) is 4.79 Å². The molecule has 0 heterocycles. The Morgan fingerprint density at radius 2 is 1.58 bits per heavy atom. The average molecular weight is 325 g/mol. The van der Waals surface area contributed by atoms with Gasteiger partial charge in [0.2, 0.25) is 0 Å². The maximum Gasteiger partial charge on any atom is 0.255 e. The lowest BCUT2D eigenvalue weighted by molar-refractivity contribution is 0.0934. The molecule has 0 aliphatic carbocycles. The summed E-state index contributed by atoms with van der Waals surface area (Å²) in [6.07, 6.45) is 0.0263. The Labute approximate surface area is 145 Å². The van der Waals surface area contributed by atoms with Gasteiger partial charge in [-0.25, -0.2) is 0 Å². The molecule has 3 heteroatoms. The highest BCUT2D eigenvalue weighted by molar-refractivity contribution is 5.97. The summed E-state index contributed by atoms with van der Waals surface area (Å²) in [4.78, 5) is 12.7. The van der Waals surface area contributed by atoms with Gasteiger partial charge in [0.25, 0.3) is 5.91 Å². The van der Waals surface area contributed by atoms with Crippen LogP contribution in [0.2, 0.25) is 0 Å². The summed E-state index contributed by atoms with van der Waals surface area (Å²) >= 11 is 0. The molecule has 0 spiro atoms. The molecule has 1 N–H and O–H groups in total. The van der Waals surface area contributed by atoms with Crippen molar-refractivity contribution in [3.05, 3.63) is 64.2 Å². The largest absolute Gasteiger partial charge is 0.490 e. The van der Waals surface area contributed by atoms with E-state index in [0.29, 0.717) is 11.3 Å². The van der Waals surface area contributed by atoms with Crippen molar-refractivity contribution in [1.82, 2.24) is 5.32 Å². The number of nitrogens with one attached hydrogen (secondary N) is 1. The molecule has 0 aliphatic rings. The molecule has 0 aromatic heterocycles. The van der Waals surface area contributed by atoms with Crippen LogP contribution in [0.1, 0.15) is 59.4 Å². The zero-order valence-electron chi connectivity index (χ0n) is 15.4. The van der Waals surface area contributed by atoms with Crippen LogP contribution >= 0.6 is 0 Å². The van der Waals surface area contributed by atoms with Crippen molar-refractivity contribution in [2.45, 2.75) is 53.7 Å². The number of hydrogen-bond acceptors (Lipinski definition) is 2. The number of amides is 1. The maximum atomic E-state index is 12.7. The third kappa shape index (κ3) is 4.16. The molecule has 128 valence electrons. The Hall–Kier alpha value is -2.29. The van der Waals surface area contributed by atoms with E-state index in [-0.39, 0.29) is 18.1 Å². The highest BCUT2D eigenvalue weighted by Crippen LogP contribution is 2.24. The topological polar surface area (TPSA) is 38.3 Å². The summed E-state index contributed by atoms with van der Waals surface area (Å²) in [5.74, 6) is 0.505. The molecule has 0 unspecified atom stereocenters. The van der Waals surface area contributed by atoms with Gasteiger partial charge in [0, 0.05) is 0 Å². The summed E-state index contributed by atoms with van der Waals surface area (Å²) in [5.41, 5.74) is 5.41. The Morgan fingerprint density at radius 1 is 0.958 bits per heavy atom. The molecular weight excluding hydrogens is 298 g/mol. The molecular formula is C21H27NO2. The van der Waals surface area contributed by atoms with E-state index in [2.05, 4.69) is 38.2 Å². The van der Waals surface area contributed by atoms with E-state index >= 15 is 0 Å². The summed E-state index contributed by atoms with van der Waals surface area (Å²) in [5, 5.41) is 3.09. The average Bonchev–Trinajstić information content (AvgIpc) is 2.50. The molecule has 2 rings (SSSR count). The van der Waals surface area contributed by atoms with Gasteiger partial charge in [0.1, 0.15) is 5.75 Å². The predicted molar refractivity (Wildman–Crippen MR) is 98.7 cm³/mol. The number of para-hydroxylation sites is 1. The standard InChI is InChI=1S/C21H27NO2/c1-13(2)24-20-10-8-7-9-18(20)21(23)22-17(6)19-12-15(4)14(3)11-16(19)5/h7-13,17H,1-6H3,(H,22,23)/t17-/m1/s1. The van der Waals surface area contributed by atoms with Crippen molar-refractivity contribution >= 4 is 5.91 Å². The van der Waals surface area contributed by atoms with Gasteiger partial charge in [-0.3, -0.25) is 4.79 Å². The number of carbonyl (C=O) groups excluding carboxylic acids is 1. The van der Waals surface area contributed by atoms with E-state index in [4.69, 9.17) is 4.74 Å². The van der Waals surface area contributed by atoms with Crippen LogP contribution in [-0.4, -0.2) is 12.0 Å². The number of rotatable bonds is 5. The van der Waals surface area contributed by atoms with Gasteiger partial charge in [-0.05, 0) is 75.9 Å². The van der Waals surface area contributed by atoms with Crippen LogP contribution in [-0.2, 0) is 0 Å². The van der Waals surface area contributed by atoms with Crippen LogP contribution in [0.5, 0.6) is 5.75 Å². The molecule has 0 saturated carbocycles. The first-order valence-electron chi connectivity index (χ1n) is 8.44. The third-order valence-electron chi connectivity index (χ3n) is 4.19. The summed E-state index contributed by atoms with van der Waals surface area (Å²) in [6, 6.07) is 11.6. The van der Waals surface area contributed by atoms with Crippen LogP contribution < -0.4 is 10.1 Å². The molecule has 0 radical (unpaired) electrons. The number of carbonyl (C=O) groups is 1. The van der Waals surface area contributed by atoms with Gasteiger partial charge < -0.3 is 10.1 Å². The monoisotopic (exact) mass is 325 g/mol. The van der Waals surface area contributed by atoms with Crippen LogP contribution in [0.15, 0.2) is 36.4 Å². The van der Waals surface area contributed by atoms with Gasteiger partial charge in [-0.2, -0.15) is 0 Å². The molecule has 1 atom stereocenters. The minimum absolute atomic E-state index is 0.0263. The van der Waals surface area contributed by atoms with Crippen molar-refractivity contribution in [1.29, 1.82) is 0 Å². The Bertz CT molecular complexity index is 735. The molecule has 0 bridgehead atoms. The normalized spacial score (nSPS) is 12.1.